The number of benzene rings is 1. The average Bonchev–Trinajstić information content (AvgIpc) is 2.37. The van der Waals surface area contributed by atoms with Crippen LogP contribution in [0.4, 0.5) is 17.2 Å². The molecule has 0 atom stereocenters. The number of hydrogen-bond acceptors (Lipinski definition) is 6. The molecule has 2 aromatic rings. The molecule has 0 saturated carbocycles. The van der Waals surface area contributed by atoms with Gasteiger partial charge in [0.05, 0.1) is 9.82 Å². The Morgan fingerprint density at radius 2 is 2.00 bits per heavy atom. The van der Waals surface area contributed by atoms with E-state index in [4.69, 9.17) is 5.73 Å². The number of nitro benzene ring substituents is 1. The maximum Gasteiger partial charge on any atom is 0.292 e. The van der Waals surface area contributed by atoms with Gasteiger partial charge < -0.3 is 5.73 Å². The first-order valence-electron chi connectivity index (χ1n) is 5.79. The van der Waals surface area contributed by atoms with Crippen molar-refractivity contribution in [3.05, 3.63) is 52.2 Å². The topological polar surface area (TPSA) is 128 Å². The minimum Gasteiger partial charge on any atom is -0.393 e. The zero-order valence-electron chi connectivity index (χ0n) is 11.0. The Hall–Kier alpha value is -2.68. The van der Waals surface area contributed by atoms with E-state index in [9.17, 15) is 18.5 Å². The third-order valence-electron chi connectivity index (χ3n) is 2.66. The molecular formula is C12H12N4O4S. The van der Waals surface area contributed by atoms with Crippen LogP contribution in [0.25, 0.3) is 0 Å². The molecule has 0 saturated heterocycles. The van der Waals surface area contributed by atoms with Crippen molar-refractivity contribution in [1.82, 2.24) is 4.98 Å². The second-order valence-corrected chi connectivity index (χ2v) is 5.98. The number of nitro groups is 1. The Morgan fingerprint density at radius 3 is 2.57 bits per heavy atom. The number of aryl methyl sites for hydroxylation is 1. The van der Waals surface area contributed by atoms with E-state index in [0.29, 0.717) is 0 Å². The number of aromatic nitrogens is 1. The molecule has 0 bridgehead atoms. The summed E-state index contributed by atoms with van der Waals surface area (Å²) in [6, 6.07) is 6.49. The van der Waals surface area contributed by atoms with Crippen LogP contribution in [0.15, 0.2) is 41.4 Å². The lowest BCUT2D eigenvalue weighted by Gasteiger charge is -2.08. The molecule has 9 heteroatoms. The number of sulfonamides is 1. The van der Waals surface area contributed by atoms with E-state index in [1.807, 2.05) is 0 Å². The van der Waals surface area contributed by atoms with E-state index >= 15 is 0 Å². The first-order chi connectivity index (χ1) is 9.79. The summed E-state index contributed by atoms with van der Waals surface area (Å²) in [5.74, 6) is 0.159. The van der Waals surface area contributed by atoms with Gasteiger partial charge in [0.1, 0.15) is 11.5 Å². The van der Waals surface area contributed by atoms with Gasteiger partial charge in [-0.25, -0.2) is 13.4 Å². The molecule has 0 fully saturated rings. The lowest BCUT2D eigenvalue weighted by Crippen LogP contribution is -2.14. The predicted molar refractivity (Wildman–Crippen MR) is 77.3 cm³/mol. The van der Waals surface area contributed by atoms with Gasteiger partial charge in [-0.3, -0.25) is 14.8 Å². The van der Waals surface area contributed by atoms with Crippen LogP contribution in [0.1, 0.15) is 5.56 Å². The van der Waals surface area contributed by atoms with Crippen LogP contribution >= 0.6 is 0 Å². The Bertz CT molecular complexity index is 805. The highest BCUT2D eigenvalue weighted by Crippen LogP contribution is 2.25. The van der Waals surface area contributed by atoms with Crippen LogP contribution in [0.2, 0.25) is 0 Å². The smallest absolute Gasteiger partial charge is 0.292 e. The Morgan fingerprint density at radius 1 is 1.29 bits per heavy atom. The molecule has 2 rings (SSSR count). The summed E-state index contributed by atoms with van der Waals surface area (Å²) in [5, 5.41) is 10.7. The third-order valence-corrected chi connectivity index (χ3v) is 4.01. The first kappa shape index (κ1) is 14.7. The molecule has 0 spiro atoms. The van der Waals surface area contributed by atoms with E-state index in [2.05, 4.69) is 9.71 Å². The molecule has 1 aromatic carbocycles. The highest BCUT2D eigenvalue weighted by atomic mass is 32.2. The molecule has 1 heterocycles. The Kier molecular flexibility index (Phi) is 3.76. The van der Waals surface area contributed by atoms with Crippen molar-refractivity contribution < 1.29 is 13.3 Å². The fraction of sp³-hybridized carbons (Fsp3) is 0.0833. The van der Waals surface area contributed by atoms with Gasteiger partial charge in [0.2, 0.25) is 0 Å². The number of rotatable bonds is 4. The monoisotopic (exact) mass is 308 g/mol. The van der Waals surface area contributed by atoms with Gasteiger partial charge in [-0.1, -0.05) is 0 Å². The maximum atomic E-state index is 12.2. The van der Waals surface area contributed by atoms with Crippen molar-refractivity contribution in [1.29, 1.82) is 0 Å². The summed E-state index contributed by atoms with van der Waals surface area (Å²) in [6.45, 7) is 1.79. The fourth-order valence-corrected chi connectivity index (χ4v) is 2.69. The number of nitrogens with two attached hydrogens (primary N) is 1. The van der Waals surface area contributed by atoms with Gasteiger partial charge in [0.15, 0.2) is 0 Å². The van der Waals surface area contributed by atoms with Gasteiger partial charge in [0.25, 0.3) is 15.7 Å². The molecule has 0 amide bonds. The Balaban J connectivity index is 2.36. The number of nitrogens with zero attached hydrogens (tertiary/aromatic N) is 2. The lowest BCUT2D eigenvalue weighted by atomic mass is 10.3. The van der Waals surface area contributed by atoms with Crippen LogP contribution in [-0.2, 0) is 10.0 Å². The average molecular weight is 308 g/mol. The van der Waals surface area contributed by atoms with Crippen LogP contribution < -0.4 is 10.5 Å². The van der Waals surface area contributed by atoms with E-state index in [-0.39, 0.29) is 22.1 Å². The SMILES string of the molecule is Cc1ccnc(NS(=O)(=O)c2ccc([N+](=O)[O-])c(N)c2)c1. The molecule has 0 aliphatic heterocycles. The van der Waals surface area contributed by atoms with Crippen molar-refractivity contribution in [2.24, 2.45) is 0 Å². The molecular weight excluding hydrogens is 296 g/mol. The molecule has 3 N–H and O–H groups in total. The van der Waals surface area contributed by atoms with Crippen molar-refractivity contribution in [2.45, 2.75) is 11.8 Å². The quantitative estimate of drug-likeness (QED) is 0.502. The number of hydrogen-bond donors (Lipinski definition) is 2. The molecule has 8 nitrogen and oxygen atoms in total. The fourth-order valence-electron chi connectivity index (χ4n) is 1.65. The summed E-state index contributed by atoms with van der Waals surface area (Å²) >= 11 is 0. The predicted octanol–water partition coefficient (Wildman–Crippen LogP) is 1.68. The molecule has 0 aliphatic carbocycles. The molecule has 0 radical (unpaired) electrons. The standard InChI is InChI=1S/C12H12N4O4S/c1-8-4-5-14-12(6-8)15-21(19,20)9-2-3-11(16(17)18)10(13)7-9/h2-7H,13H2,1H3,(H,14,15). The highest BCUT2D eigenvalue weighted by Gasteiger charge is 2.19. The molecule has 1 aromatic heterocycles. The Labute approximate surface area is 120 Å². The normalized spacial score (nSPS) is 11.1. The zero-order chi connectivity index (χ0) is 15.6. The summed E-state index contributed by atoms with van der Waals surface area (Å²) in [6.07, 6.45) is 1.47. The van der Waals surface area contributed by atoms with E-state index in [1.165, 1.54) is 6.20 Å². The molecule has 110 valence electrons. The second kappa shape index (κ2) is 5.37. The maximum absolute atomic E-state index is 12.2. The van der Waals surface area contributed by atoms with Crippen LogP contribution in [0.5, 0.6) is 0 Å². The van der Waals surface area contributed by atoms with Crippen LogP contribution in [-0.4, -0.2) is 18.3 Å². The highest BCUT2D eigenvalue weighted by molar-refractivity contribution is 7.92. The molecule has 21 heavy (non-hydrogen) atoms. The van der Waals surface area contributed by atoms with Gasteiger partial charge >= 0.3 is 0 Å². The van der Waals surface area contributed by atoms with E-state index in [0.717, 1.165) is 23.8 Å². The number of pyridine rings is 1. The van der Waals surface area contributed by atoms with Gasteiger partial charge in [-0.15, -0.1) is 0 Å². The summed E-state index contributed by atoms with van der Waals surface area (Å²) in [7, 11) is -3.91. The minimum atomic E-state index is -3.91. The zero-order valence-corrected chi connectivity index (χ0v) is 11.8. The molecule has 0 aliphatic rings. The molecule has 0 unspecified atom stereocenters. The summed E-state index contributed by atoms with van der Waals surface area (Å²) in [5.41, 5.74) is 5.76. The van der Waals surface area contributed by atoms with Crippen molar-refractivity contribution in [2.75, 3.05) is 10.5 Å². The van der Waals surface area contributed by atoms with Crippen molar-refractivity contribution in [3.63, 3.8) is 0 Å². The van der Waals surface area contributed by atoms with Gasteiger partial charge in [0, 0.05) is 12.3 Å². The van der Waals surface area contributed by atoms with Crippen LogP contribution in [0, 0.1) is 17.0 Å². The largest absolute Gasteiger partial charge is 0.393 e. The number of anilines is 2. The van der Waals surface area contributed by atoms with Gasteiger partial charge in [-0.05, 0) is 36.8 Å². The van der Waals surface area contributed by atoms with Crippen LogP contribution in [0.3, 0.4) is 0 Å². The van der Waals surface area contributed by atoms with Gasteiger partial charge in [-0.2, -0.15) is 0 Å². The minimum absolute atomic E-state index is 0.159. The van der Waals surface area contributed by atoms with E-state index < -0.39 is 14.9 Å². The summed E-state index contributed by atoms with van der Waals surface area (Å²) < 4.78 is 26.6. The number of nitrogens with one attached hydrogen (secondary N) is 1. The third kappa shape index (κ3) is 3.26. The summed E-state index contributed by atoms with van der Waals surface area (Å²) in [4.78, 5) is 13.7. The second-order valence-electron chi connectivity index (χ2n) is 4.30. The van der Waals surface area contributed by atoms with E-state index in [1.54, 1.807) is 19.1 Å². The van der Waals surface area contributed by atoms with Crippen molar-refractivity contribution in [3.8, 4) is 0 Å². The number of nitrogen functional groups attached to an aromatic ring is 1. The first-order valence-corrected chi connectivity index (χ1v) is 7.27. The van der Waals surface area contributed by atoms with Crippen molar-refractivity contribution >= 4 is 27.2 Å². The lowest BCUT2D eigenvalue weighted by molar-refractivity contribution is -0.383.